The summed E-state index contributed by atoms with van der Waals surface area (Å²) in [6.07, 6.45) is 1.56. The lowest BCUT2D eigenvalue weighted by molar-refractivity contribution is -0.126. The first-order valence-electron chi connectivity index (χ1n) is 10.4. The Hall–Kier alpha value is -3.19. The van der Waals surface area contributed by atoms with Gasteiger partial charge in [-0.05, 0) is 36.3 Å². The van der Waals surface area contributed by atoms with Gasteiger partial charge in [-0.25, -0.2) is 4.21 Å². The van der Waals surface area contributed by atoms with E-state index in [1.807, 2.05) is 54.6 Å². The summed E-state index contributed by atoms with van der Waals surface area (Å²) in [5.41, 5.74) is 7.45. The molecule has 3 rings (SSSR count). The minimum Gasteiger partial charge on any atom is -0.412 e. The van der Waals surface area contributed by atoms with Gasteiger partial charge in [0.25, 0.3) is 0 Å². The first kappa shape index (κ1) is 27.1. The highest BCUT2D eigenvalue weighted by molar-refractivity contribution is 7.85. The lowest BCUT2D eigenvalue weighted by atomic mass is 10.1. The van der Waals surface area contributed by atoms with Crippen LogP contribution < -0.4 is 15.8 Å². The van der Waals surface area contributed by atoms with E-state index in [1.54, 1.807) is 20.1 Å². The first-order chi connectivity index (χ1) is 15.7. The maximum absolute atomic E-state index is 12.5. The van der Waals surface area contributed by atoms with Gasteiger partial charge in [0.05, 0.1) is 31.0 Å². The number of carbonyl (C=O) groups excluding carboxylic acids is 1. The van der Waals surface area contributed by atoms with Crippen LogP contribution in [0.5, 0.6) is 0 Å². The Kier molecular flexibility index (Phi) is 9.81. The van der Waals surface area contributed by atoms with Crippen molar-refractivity contribution in [2.45, 2.75) is 38.6 Å². The maximum Gasteiger partial charge on any atom is 0.240 e. The quantitative estimate of drug-likeness (QED) is 0.356. The fraction of sp³-hybridized carbons (Fsp3) is 0.364. The molecule has 1 heterocycles. The first-order valence-corrected chi connectivity index (χ1v) is 12.0. The van der Waals surface area contributed by atoms with E-state index in [4.69, 9.17) is 10.5 Å². The van der Waals surface area contributed by atoms with Gasteiger partial charge in [-0.2, -0.15) is 4.80 Å². The summed E-state index contributed by atoms with van der Waals surface area (Å²) in [6.45, 7) is 4.07. The van der Waals surface area contributed by atoms with Crippen molar-refractivity contribution in [1.82, 2.24) is 25.5 Å². The van der Waals surface area contributed by atoms with Crippen molar-refractivity contribution in [1.29, 1.82) is 0 Å². The molecule has 0 spiro atoms. The van der Waals surface area contributed by atoms with Crippen molar-refractivity contribution in [2.75, 3.05) is 17.6 Å². The van der Waals surface area contributed by atoms with Crippen LogP contribution >= 0.6 is 0 Å². The number of amides is 1. The molecule has 0 saturated heterocycles. The molecule has 0 saturated carbocycles. The second-order valence-corrected chi connectivity index (χ2v) is 9.25. The Morgan fingerprint density at radius 1 is 1.18 bits per heavy atom. The molecule has 1 unspecified atom stereocenters. The molecule has 184 valence electrons. The molecular weight excluding hydrogens is 458 g/mol. The summed E-state index contributed by atoms with van der Waals surface area (Å²) < 4.78 is 20.3. The van der Waals surface area contributed by atoms with E-state index in [0.29, 0.717) is 19.0 Å². The van der Waals surface area contributed by atoms with Gasteiger partial charge in [0.2, 0.25) is 5.91 Å². The number of aromatic nitrogens is 4. The Balaban J connectivity index is 0.00000408. The Bertz CT molecular complexity index is 1090. The number of hydrogen-bond acceptors (Lipinski definition) is 7. The van der Waals surface area contributed by atoms with Crippen LogP contribution in [0.15, 0.2) is 54.6 Å². The molecule has 2 atom stereocenters. The lowest BCUT2D eigenvalue weighted by Crippen LogP contribution is -2.50. The van der Waals surface area contributed by atoms with Crippen LogP contribution in [0.3, 0.4) is 0 Å². The molecule has 1 aromatic heterocycles. The van der Waals surface area contributed by atoms with Crippen LogP contribution in [0, 0.1) is 0 Å². The smallest absolute Gasteiger partial charge is 0.240 e. The minimum atomic E-state index is -1.21. The van der Waals surface area contributed by atoms with Crippen molar-refractivity contribution < 1.29 is 19.2 Å². The standard InChI is InChI=1S/C22H29N7O3S.H2O/c1-22(2,23)21(30)24-19(15-32-14-16-9-5-4-6-10-16)20-25-28-29(26-20)13-17-11-7-8-12-18(17)27-33(3)31;/h4-12,19,27H,13-15,23H2,1-3H3,(H,24,30);1H2/t19-,33?;/m1./s1. The molecule has 3 aromatic rings. The number of nitrogens with one attached hydrogen (secondary N) is 2. The van der Waals surface area contributed by atoms with E-state index in [-0.39, 0.29) is 18.0 Å². The molecule has 0 aliphatic rings. The van der Waals surface area contributed by atoms with Crippen molar-refractivity contribution in [3.8, 4) is 0 Å². The van der Waals surface area contributed by atoms with Crippen molar-refractivity contribution in [3.63, 3.8) is 0 Å². The zero-order valence-electron chi connectivity index (χ0n) is 19.4. The fourth-order valence-corrected chi connectivity index (χ4v) is 3.43. The number of carbonyl (C=O) groups is 1. The van der Waals surface area contributed by atoms with E-state index in [9.17, 15) is 9.00 Å². The molecule has 34 heavy (non-hydrogen) atoms. The maximum atomic E-state index is 12.5. The monoisotopic (exact) mass is 489 g/mol. The normalized spacial score (nSPS) is 12.9. The number of para-hydroxylation sites is 1. The number of anilines is 1. The molecule has 2 aromatic carbocycles. The number of hydrogen-bond donors (Lipinski definition) is 3. The second-order valence-electron chi connectivity index (χ2n) is 8.14. The number of nitrogens with zero attached hydrogens (tertiary/aromatic N) is 4. The number of rotatable bonds is 11. The average molecular weight is 490 g/mol. The molecule has 0 radical (unpaired) electrons. The van der Waals surface area contributed by atoms with Crippen LogP contribution in [0.25, 0.3) is 0 Å². The number of nitrogens with two attached hydrogens (primary N) is 1. The summed E-state index contributed by atoms with van der Waals surface area (Å²) in [7, 11) is -1.21. The lowest BCUT2D eigenvalue weighted by Gasteiger charge is -2.22. The third-order valence-corrected chi connectivity index (χ3v) is 5.16. The van der Waals surface area contributed by atoms with Crippen molar-refractivity contribution in [3.05, 3.63) is 71.5 Å². The van der Waals surface area contributed by atoms with Crippen LogP contribution in [-0.4, -0.2) is 54.2 Å². The van der Waals surface area contributed by atoms with Crippen molar-refractivity contribution in [2.24, 2.45) is 5.73 Å². The molecule has 6 N–H and O–H groups in total. The zero-order chi connectivity index (χ0) is 23.8. The molecule has 0 fully saturated rings. The SMILES string of the molecule is CS(=O)Nc1ccccc1Cn1nnc([C@@H](COCc2ccccc2)NC(=O)C(C)(C)N)n1.O. The van der Waals surface area contributed by atoms with Crippen LogP contribution in [-0.2, 0) is 33.7 Å². The predicted octanol–water partition coefficient (Wildman–Crippen LogP) is 0.714. The van der Waals surface area contributed by atoms with E-state index < -0.39 is 22.6 Å². The molecule has 0 aliphatic heterocycles. The molecule has 1 amide bonds. The topological polar surface area (TPSA) is 169 Å². The van der Waals surface area contributed by atoms with E-state index in [1.165, 1.54) is 4.80 Å². The van der Waals surface area contributed by atoms with Gasteiger partial charge in [-0.3, -0.25) is 4.79 Å². The van der Waals surface area contributed by atoms with Crippen LogP contribution in [0.4, 0.5) is 5.69 Å². The Morgan fingerprint density at radius 2 is 1.85 bits per heavy atom. The predicted molar refractivity (Wildman–Crippen MR) is 130 cm³/mol. The third kappa shape index (κ3) is 7.99. The van der Waals surface area contributed by atoms with Gasteiger partial charge in [0, 0.05) is 6.26 Å². The summed E-state index contributed by atoms with van der Waals surface area (Å²) in [4.78, 5) is 13.9. The summed E-state index contributed by atoms with van der Waals surface area (Å²) in [5, 5.41) is 15.5. The molecule has 11 nitrogen and oxygen atoms in total. The van der Waals surface area contributed by atoms with Crippen LogP contribution in [0.1, 0.15) is 36.8 Å². The van der Waals surface area contributed by atoms with E-state index in [2.05, 4.69) is 25.4 Å². The Labute approximate surface area is 201 Å². The summed E-state index contributed by atoms with van der Waals surface area (Å²) >= 11 is 0. The molecule has 0 bridgehead atoms. The highest BCUT2D eigenvalue weighted by atomic mass is 32.2. The highest BCUT2D eigenvalue weighted by Gasteiger charge is 2.27. The van der Waals surface area contributed by atoms with Gasteiger partial charge in [0.15, 0.2) is 5.82 Å². The van der Waals surface area contributed by atoms with Gasteiger partial charge < -0.3 is 26.0 Å². The van der Waals surface area contributed by atoms with E-state index >= 15 is 0 Å². The minimum absolute atomic E-state index is 0. The Morgan fingerprint density at radius 3 is 2.53 bits per heavy atom. The van der Waals surface area contributed by atoms with Gasteiger partial charge >= 0.3 is 0 Å². The summed E-state index contributed by atoms with van der Waals surface area (Å²) in [5.74, 6) is -0.0442. The van der Waals surface area contributed by atoms with Gasteiger partial charge in [-0.1, -0.05) is 48.5 Å². The highest BCUT2D eigenvalue weighted by Crippen LogP contribution is 2.17. The average Bonchev–Trinajstić information content (AvgIpc) is 3.22. The fourth-order valence-electron chi connectivity index (χ4n) is 2.92. The number of ether oxygens (including phenoxy) is 1. The third-order valence-electron chi connectivity index (χ3n) is 4.65. The zero-order valence-corrected chi connectivity index (χ0v) is 20.2. The largest absolute Gasteiger partial charge is 0.412 e. The van der Waals surface area contributed by atoms with Crippen LogP contribution in [0.2, 0.25) is 0 Å². The van der Waals surface area contributed by atoms with Gasteiger partial charge in [-0.15, -0.1) is 10.2 Å². The molecular formula is C22H31N7O4S. The van der Waals surface area contributed by atoms with E-state index in [0.717, 1.165) is 16.8 Å². The molecule has 0 aliphatic carbocycles. The second kappa shape index (κ2) is 12.3. The molecule has 12 heteroatoms. The number of tetrazole rings is 1. The van der Waals surface area contributed by atoms with Gasteiger partial charge in [0.1, 0.15) is 17.0 Å². The van der Waals surface area contributed by atoms with Crippen molar-refractivity contribution >= 4 is 22.6 Å². The number of benzene rings is 2. The summed E-state index contributed by atoms with van der Waals surface area (Å²) in [6, 6.07) is 16.5.